The van der Waals surface area contributed by atoms with E-state index in [1.807, 2.05) is 50.2 Å². The Morgan fingerprint density at radius 3 is 2.71 bits per heavy atom. The van der Waals surface area contributed by atoms with Crippen molar-refractivity contribution in [3.8, 4) is 11.5 Å². The van der Waals surface area contributed by atoms with Gasteiger partial charge in [-0.25, -0.2) is 0 Å². The number of ether oxygens (including phenoxy) is 3. The molecule has 0 aliphatic carbocycles. The Labute approximate surface area is 223 Å². The van der Waals surface area contributed by atoms with E-state index in [9.17, 15) is 14.7 Å². The summed E-state index contributed by atoms with van der Waals surface area (Å²) >= 11 is 0. The van der Waals surface area contributed by atoms with Crippen LogP contribution in [0.4, 0.5) is 0 Å². The zero-order valence-electron chi connectivity index (χ0n) is 22.2. The Morgan fingerprint density at radius 2 is 1.92 bits per heavy atom. The second-order valence-corrected chi connectivity index (χ2v) is 10.2. The van der Waals surface area contributed by atoms with Crippen molar-refractivity contribution in [2.75, 3.05) is 46.0 Å². The molecule has 3 aliphatic rings. The number of likely N-dealkylation sites (tertiary alicyclic amines) is 1. The average molecular weight is 521 g/mol. The van der Waals surface area contributed by atoms with E-state index in [4.69, 9.17) is 14.2 Å². The van der Waals surface area contributed by atoms with Gasteiger partial charge in [0, 0.05) is 38.2 Å². The van der Waals surface area contributed by atoms with Crippen molar-refractivity contribution in [3.05, 3.63) is 64.7 Å². The lowest BCUT2D eigenvalue weighted by molar-refractivity contribution is -0.140. The van der Waals surface area contributed by atoms with Crippen LogP contribution in [-0.4, -0.2) is 78.7 Å². The summed E-state index contributed by atoms with van der Waals surface area (Å²) in [4.78, 5) is 30.7. The molecule has 8 heteroatoms. The number of aliphatic hydroxyl groups is 1. The van der Waals surface area contributed by atoms with Crippen molar-refractivity contribution in [2.45, 2.75) is 45.3 Å². The van der Waals surface area contributed by atoms with E-state index in [1.54, 1.807) is 11.0 Å². The molecule has 8 nitrogen and oxygen atoms in total. The van der Waals surface area contributed by atoms with E-state index in [0.29, 0.717) is 44.1 Å². The van der Waals surface area contributed by atoms with Gasteiger partial charge in [0.1, 0.15) is 23.4 Å². The van der Waals surface area contributed by atoms with Gasteiger partial charge in [-0.3, -0.25) is 14.5 Å². The molecule has 0 saturated carbocycles. The molecule has 0 unspecified atom stereocenters. The first kappa shape index (κ1) is 26.3. The summed E-state index contributed by atoms with van der Waals surface area (Å²) < 4.78 is 17.1. The van der Waals surface area contributed by atoms with Gasteiger partial charge in [-0.05, 0) is 61.2 Å². The van der Waals surface area contributed by atoms with Crippen LogP contribution in [0.25, 0.3) is 5.76 Å². The predicted octanol–water partition coefficient (Wildman–Crippen LogP) is 3.94. The maximum absolute atomic E-state index is 13.4. The van der Waals surface area contributed by atoms with Crippen LogP contribution in [-0.2, 0) is 20.7 Å². The lowest BCUT2D eigenvalue weighted by Gasteiger charge is -2.29. The van der Waals surface area contributed by atoms with Gasteiger partial charge in [0.25, 0.3) is 11.7 Å². The van der Waals surface area contributed by atoms with Crippen LogP contribution >= 0.6 is 0 Å². The summed E-state index contributed by atoms with van der Waals surface area (Å²) in [7, 11) is 0. The number of amides is 1. The molecule has 2 aromatic carbocycles. The van der Waals surface area contributed by atoms with Crippen molar-refractivity contribution < 1.29 is 28.9 Å². The van der Waals surface area contributed by atoms with Crippen LogP contribution in [0.15, 0.2) is 48.0 Å². The molecule has 0 aromatic heterocycles. The fraction of sp³-hybridized carbons (Fsp3) is 0.467. The largest absolute Gasteiger partial charge is 0.507 e. The Kier molecular flexibility index (Phi) is 8.00. The fourth-order valence-electron chi connectivity index (χ4n) is 5.47. The molecule has 2 fully saturated rings. The molecule has 3 aliphatic heterocycles. The van der Waals surface area contributed by atoms with Crippen LogP contribution in [0, 0.1) is 0 Å². The number of hydrogen-bond acceptors (Lipinski definition) is 7. The Balaban J connectivity index is 1.49. The minimum absolute atomic E-state index is 0.0605. The van der Waals surface area contributed by atoms with Crippen molar-refractivity contribution in [1.82, 2.24) is 9.80 Å². The number of fused-ring (bicyclic) bond motifs is 1. The maximum atomic E-state index is 13.4. The summed E-state index contributed by atoms with van der Waals surface area (Å²) in [5, 5.41) is 11.5. The van der Waals surface area contributed by atoms with E-state index < -0.39 is 17.7 Å². The third-order valence-corrected chi connectivity index (χ3v) is 7.33. The number of ketones is 1. The van der Waals surface area contributed by atoms with Crippen molar-refractivity contribution >= 4 is 17.4 Å². The molecule has 1 amide bonds. The van der Waals surface area contributed by atoms with E-state index in [2.05, 4.69) is 4.90 Å². The Morgan fingerprint density at radius 1 is 1.11 bits per heavy atom. The zero-order valence-corrected chi connectivity index (χ0v) is 22.2. The molecule has 202 valence electrons. The van der Waals surface area contributed by atoms with Crippen LogP contribution in [0.5, 0.6) is 11.5 Å². The number of benzene rings is 2. The second kappa shape index (κ2) is 11.6. The van der Waals surface area contributed by atoms with Gasteiger partial charge in [-0.2, -0.15) is 0 Å². The number of hydrogen-bond donors (Lipinski definition) is 1. The molecule has 0 radical (unpaired) electrons. The van der Waals surface area contributed by atoms with Crippen LogP contribution in [0.1, 0.15) is 49.4 Å². The highest BCUT2D eigenvalue weighted by molar-refractivity contribution is 6.46. The SMILES string of the molecule is CCCOc1cccc([C@H]2/C(=C(\O)c3ccc4c(c3)C[C@H](C)O4)C(=O)C(=O)N2CCCN2CCOCC2)c1. The number of carbonyl (C=O) groups excluding carboxylic acids is 2. The number of rotatable bonds is 9. The Hall–Kier alpha value is -3.36. The van der Waals surface area contributed by atoms with Crippen LogP contribution < -0.4 is 9.47 Å². The quantitative estimate of drug-likeness (QED) is 0.304. The summed E-state index contributed by atoms with van der Waals surface area (Å²) in [6.45, 7) is 8.95. The van der Waals surface area contributed by atoms with Gasteiger partial charge in [0.15, 0.2) is 0 Å². The van der Waals surface area contributed by atoms with Crippen LogP contribution in [0.2, 0.25) is 0 Å². The normalized spacial score (nSPS) is 22.9. The summed E-state index contributed by atoms with van der Waals surface area (Å²) in [5.74, 6) is 0.0495. The highest BCUT2D eigenvalue weighted by Crippen LogP contribution is 2.41. The topological polar surface area (TPSA) is 88.5 Å². The molecule has 2 aromatic rings. The summed E-state index contributed by atoms with van der Waals surface area (Å²) in [6.07, 6.45) is 2.37. The van der Waals surface area contributed by atoms with Gasteiger partial charge in [0.05, 0.1) is 31.4 Å². The first-order chi connectivity index (χ1) is 18.5. The van der Waals surface area contributed by atoms with Crippen molar-refractivity contribution in [1.29, 1.82) is 0 Å². The van der Waals surface area contributed by atoms with Crippen molar-refractivity contribution in [2.24, 2.45) is 0 Å². The first-order valence-corrected chi connectivity index (χ1v) is 13.6. The number of nitrogens with zero attached hydrogens (tertiary/aromatic N) is 2. The molecular weight excluding hydrogens is 484 g/mol. The molecular formula is C30H36N2O6. The first-order valence-electron chi connectivity index (χ1n) is 13.6. The van der Waals surface area contributed by atoms with E-state index in [1.165, 1.54) is 0 Å². The number of aliphatic hydroxyl groups excluding tert-OH is 1. The average Bonchev–Trinajstić information content (AvgIpc) is 3.43. The van der Waals surface area contributed by atoms with Gasteiger partial charge < -0.3 is 24.2 Å². The third-order valence-electron chi connectivity index (χ3n) is 7.33. The minimum Gasteiger partial charge on any atom is -0.507 e. The van der Waals surface area contributed by atoms with Gasteiger partial charge in [0.2, 0.25) is 0 Å². The van der Waals surface area contributed by atoms with E-state index in [-0.39, 0.29) is 17.4 Å². The number of morpholine rings is 1. The predicted molar refractivity (Wildman–Crippen MR) is 143 cm³/mol. The molecule has 3 heterocycles. The summed E-state index contributed by atoms with van der Waals surface area (Å²) in [6, 6.07) is 12.2. The monoisotopic (exact) mass is 520 g/mol. The second-order valence-electron chi connectivity index (χ2n) is 10.2. The van der Waals surface area contributed by atoms with Gasteiger partial charge in [-0.15, -0.1) is 0 Å². The maximum Gasteiger partial charge on any atom is 0.295 e. The third kappa shape index (κ3) is 5.42. The van der Waals surface area contributed by atoms with Gasteiger partial charge >= 0.3 is 0 Å². The molecule has 0 spiro atoms. The van der Waals surface area contributed by atoms with Crippen LogP contribution in [0.3, 0.4) is 0 Å². The lowest BCUT2D eigenvalue weighted by Crippen LogP contribution is -2.38. The highest BCUT2D eigenvalue weighted by atomic mass is 16.5. The molecule has 5 rings (SSSR count). The minimum atomic E-state index is -0.701. The van der Waals surface area contributed by atoms with E-state index in [0.717, 1.165) is 49.4 Å². The molecule has 0 bridgehead atoms. The lowest BCUT2D eigenvalue weighted by atomic mass is 9.94. The molecule has 2 saturated heterocycles. The molecule has 2 atom stereocenters. The smallest absolute Gasteiger partial charge is 0.295 e. The zero-order chi connectivity index (χ0) is 26.6. The summed E-state index contributed by atoms with van der Waals surface area (Å²) in [5.41, 5.74) is 2.34. The number of Topliss-reactive ketones (excluding diaryl/α,β-unsaturated/α-hetero) is 1. The van der Waals surface area contributed by atoms with Crippen molar-refractivity contribution in [3.63, 3.8) is 0 Å². The molecule has 1 N–H and O–H groups in total. The fourth-order valence-corrected chi connectivity index (χ4v) is 5.47. The number of carbonyl (C=O) groups is 2. The Bertz CT molecular complexity index is 1220. The standard InChI is InChI=1S/C30H36N2O6/c1-3-14-37-24-7-4-6-21(19-24)27-26(28(33)22-8-9-25-23(18-22)17-20(2)38-25)29(34)30(35)32(27)11-5-10-31-12-15-36-16-13-31/h4,6-9,18-20,27,33H,3,5,10-17H2,1-2H3/b28-26+/t20-,27-/m0/s1. The van der Waals surface area contributed by atoms with Gasteiger partial charge in [-0.1, -0.05) is 19.1 Å². The highest BCUT2D eigenvalue weighted by Gasteiger charge is 2.46. The van der Waals surface area contributed by atoms with E-state index >= 15 is 0 Å². The molecule has 38 heavy (non-hydrogen) atoms.